The number of nitrogen functional groups attached to an aromatic ring is 2. The zero-order valence-corrected chi connectivity index (χ0v) is 9.82. The summed E-state index contributed by atoms with van der Waals surface area (Å²) in [6.07, 6.45) is 5.18. The van der Waals surface area contributed by atoms with Crippen molar-refractivity contribution >= 4 is 17.3 Å². The number of rotatable bonds is 3. The second kappa shape index (κ2) is 4.60. The molecule has 1 aromatic heterocycles. The molecule has 0 aromatic carbocycles. The van der Waals surface area contributed by atoms with Crippen molar-refractivity contribution in [3.63, 3.8) is 0 Å². The van der Waals surface area contributed by atoms with Gasteiger partial charge in [-0.1, -0.05) is 12.8 Å². The smallest absolute Gasteiger partial charge is 0.149 e. The summed E-state index contributed by atoms with van der Waals surface area (Å²) in [4.78, 5) is 6.70. The number of anilines is 3. The third-order valence-corrected chi connectivity index (χ3v) is 3.34. The molecule has 2 rings (SSSR count). The van der Waals surface area contributed by atoms with Crippen LogP contribution in [0, 0.1) is 0 Å². The number of hydrogen-bond donors (Lipinski definition) is 2. The van der Waals surface area contributed by atoms with E-state index in [2.05, 4.69) is 16.8 Å². The molecule has 0 bridgehead atoms. The molecular weight excluding hydrogens is 200 g/mol. The number of pyridine rings is 1. The lowest BCUT2D eigenvalue weighted by atomic mass is 10.2. The molecule has 0 aliphatic heterocycles. The molecule has 0 atom stereocenters. The molecule has 4 nitrogen and oxygen atoms in total. The van der Waals surface area contributed by atoms with Gasteiger partial charge in [-0.15, -0.1) is 0 Å². The number of nitrogens with two attached hydrogens (primary N) is 2. The van der Waals surface area contributed by atoms with E-state index >= 15 is 0 Å². The average Bonchev–Trinajstić information content (AvgIpc) is 2.78. The highest BCUT2D eigenvalue weighted by Gasteiger charge is 2.22. The van der Waals surface area contributed by atoms with Gasteiger partial charge in [0, 0.05) is 12.6 Å². The number of aromatic nitrogens is 1. The van der Waals surface area contributed by atoms with Gasteiger partial charge in [-0.3, -0.25) is 0 Å². The Hall–Kier alpha value is -1.45. The van der Waals surface area contributed by atoms with Gasteiger partial charge in [-0.2, -0.15) is 0 Å². The van der Waals surface area contributed by atoms with Crippen LogP contribution < -0.4 is 16.4 Å². The topological polar surface area (TPSA) is 68.2 Å². The van der Waals surface area contributed by atoms with E-state index in [4.69, 9.17) is 11.5 Å². The maximum atomic E-state index is 5.75. The van der Waals surface area contributed by atoms with Crippen molar-refractivity contribution < 1.29 is 0 Å². The molecule has 0 radical (unpaired) electrons. The van der Waals surface area contributed by atoms with Crippen LogP contribution >= 0.6 is 0 Å². The van der Waals surface area contributed by atoms with Crippen LogP contribution in [0.4, 0.5) is 17.3 Å². The highest BCUT2D eigenvalue weighted by molar-refractivity contribution is 5.62. The lowest BCUT2D eigenvalue weighted by molar-refractivity contribution is 0.613. The monoisotopic (exact) mass is 220 g/mol. The van der Waals surface area contributed by atoms with Crippen LogP contribution in [0.15, 0.2) is 12.1 Å². The fourth-order valence-corrected chi connectivity index (χ4v) is 2.46. The molecule has 88 valence electrons. The Labute approximate surface area is 96.6 Å². The summed E-state index contributed by atoms with van der Waals surface area (Å²) >= 11 is 0. The summed E-state index contributed by atoms with van der Waals surface area (Å²) in [5.74, 6) is 1.40. The predicted molar refractivity (Wildman–Crippen MR) is 68.3 cm³/mol. The minimum Gasteiger partial charge on any atom is -0.396 e. The van der Waals surface area contributed by atoms with Crippen molar-refractivity contribution in [3.8, 4) is 0 Å². The van der Waals surface area contributed by atoms with Crippen molar-refractivity contribution in [2.45, 2.75) is 38.6 Å². The Bertz CT molecular complexity index is 358. The van der Waals surface area contributed by atoms with Gasteiger partial charge in [-0.05, 0) is 31.9 Å². The molecule has 1 saturated carbocycles. The van der Waals surface area contributed by atoms with Gasteiger partial charge in [0.1, 0.15) is 11.6 Å². The van der Waals surface area contributed by atoms with Crippen molar-refractivity contribution in [3.05, 3.63) is 12.1 Å². The van der Waals surface area contributed by atoms with Crippen LogP contribution in [-0.2, 0) is 0 Å². The lowest BCUT2D eigenvalue weighted by Crippen LogP contribution is -2.33. The summed E-state index contributed by atoms with van der Waals surface area (Å²) in [5.41, 5.74) is 12.0. The first kappa shape index (κ1) is 11.0. The van der Waals surface area contributed by atoms with E-state index < -0.39 is 0 Å². The van der Waals surface area contributed by atoms with Gasteiger partial charge < -0.3 is 16.4 Å². The van der Waals surface area contributed by atoms with Crippen LogP contribution in [0.1, 0.15) is 32.6 Å². The van der Waals surface area contributed by atoms with Crippen LogP contribution in [0.3, 0.4) is 0 Å². The molecule has 1 aliphatic rings. The predicted octanol–water partition coefficient (Wildman–Crippen LogP) is 2.01. The molecule has 1 aromatic rings. The summed E-state index contributed by atoms with van der Waals surface area (Å²) in [5, 5.41) is 0. The van der Waals surface area contributed by atoms with E-state index in [1.165, 1.54) is 25.7 Å². The van der Waals surface area contributed by atoms with Crippen molar-refractivity contribution in [1.29, 1.82) is 0 Å². The van der Waals surface area contributed by atoms with E-state index in [-0.39, 0.29) is 0 Å². The van der Waals surface area contributed by atoms with Gasteiger partial charge in [0.05, 0.1) is 5.69 Å². The molecule has 0 amide bonds. The van der Waals surface area contributed by atoms with Gasteiger partial charge in [0.15, 0.2) is 0 Å². The first-order valence-electron chi connectivity index (χ1n) is 6.01. The normalized spacial score (nSPS) is 16.6. The Balaban J connectivity index is 2.22. The van der Waals surface area contributed by atoms with Gasteiger partial charge in [0.2, 0.25) is 0 Å². The number of nitrogens with zero attached hydrogens (tertiary/aromatic N) is 2. The van der Waals surface area contributed by atoms with Crippen LogP contribution in [-0.4, -0.2) is 17.6 Å². The summed E-state index contributed by atoms with van der Waals surface area (Å²) in [6, 6.07) is 4.43. The average molecular weight is 220 g/mol. The first-order chi connectivity index (χ1) is 7.72. The molecular formula is C12H20N4. The largest absolute Gasteiger partial charge is 0.396 e. The Morgan fingerprint density at radius 1 is 1.31 bits per heavy atom. The summed E-state index contributed by atoms with van der Waals surface area (Å²) in [6.45, 7) is 3.13. The zero-order chi connectivity index (χ0) is 11.5. The maximum Gasteiger partial charge on any atom is 0.149 e. The molecule has 4 N–H and O–H groups in total. The van der Waals surface area contributed by atoms with Crippen LogP contribution in [0.25, 0.3) is 0 Å². The summed E-state index contributed by atoms with van der Waals surface area (Å²) < 4.78 is 0. The minimum atomic E-state index is 0.439. The Morgan fingerprint density at radius 2 is 2.00 bits per heavy atom. The Morgan fingerprint density at radius 3 is 2.56 bits per heavy atom. The van der Waals surface area contributed by atoms with E-state index in [0.29, 0.717) is 17.5 Å². The molecule has 0 unspecified atom stereocenters. The van der Waals surface area contributed by atoms with E-state index in [0.717, 1.165) is 12.4 Å². The van der Waals surface area contributed by atoms with Crippen molar-refractivity contribution in [2.24, 2.45) is 0 Å². The molecule has 1 heterocycles. The van der Waals surface area contributed by atoms with Gasteiger partial charge in [-0.25, -0.2) is 4.98 Å². The van der Waals surface area contributed by atoms with Crippen LogP contribution in [0.2, 0.25) is 0 Å². The van der Waals surface area contributed by atoms with E-state index in [1.54, 1.807) is 0 Å². The highest BCUT2D eigenvalue weighted by Crippen LogP contribution is 2.28. The van der Waals surface area contributed by atoms with E-state index in [9.17, 15) is 0 Å². The summed E-state index contributed by atoms with van der Waals surface area (Å²) in [7, 11) is 0. The molecule has 1 aliphatic carbocycles. The third-order valence-electron chi connectivity index (χ3n) is 3.34. The second-order valence-corrected chi connectivity index (χ2v) is 4.37. The van der Waals surface area contributed by atoms with Crippen LogP contribution in [0.5, 0.6) is 0 Å². The van der Waals surface area contributed by atoms with E-state index in [1.807, 2.05) is 12.1 Å². The molecule has 16 heavy (non-hydrogen) atoms. The molecule has 4 heteroatoms. The van der Waals surface area contributed by atoms with Gasteiger partial charge >= 0.3 is 0 Å². The number of hydrogen-bond acceptors (Lipinski definition) is 4. The quantitative estimate of drug-likeness (QED) is 0.817. The third kappa shape index (κ3) is 2.05. The van der Waals surface area contributed by atoms with Crippen molar-refractivity contribution in [1.82, 2.24) is 4.98 Å². The lowest BCUT2D eigenvalue weighted by Gasteiger charge is -2.29. The first-order valence-corrected chi connectivity index (χ1v) is 6.01. The molecule has 0 saturated heterocycles. The molecule has 1 fully saturated rings. The SMILES string of the molecule is CCN(c1ccc(N)c(N)n1)C1CCCC1. The van der Waals surface area contributed by atoms with Gasteiger partial charge in [0.25, 0.3) is 0 Å². The zero-order valence-electron chi connectivity index (χ0n) is 9.82. The second-order valence-electron chi connectivity index (χ2n) is 4.37. The fraction of sp³-hybridized carbons (Fsp3) is 0.583. The van der Waals surface area contributed by atoms with Crippen molar-refractivity contribution in [2.75, 3.05) is 22.9 Å². The Kier molecular flexibility index (Phi) is 3.17. The molecule has 0 spiro atoms. The fourth-order valence-electron chi connectivity index (χ4n) is 2.46. The maximum absolute atomic E-state index is 5.75. The minimum absolute atomic E-state index is 0.439. The standard InChI is InChI=1S/C12H20N4/c1-2-16(9-5-3-4-6-9)11-8-7-10(13)12(14)15-11/h7-9H,2-6,13H2,1H3,(H2,14,15). The highest BCUT2D eigenvalue weighted by atomic mass is 15.2.